The third-order valence-corrected chi connectivity index (χ3v) is 4.00. The third-order valence-electron chi connectivity index (χ3n) is 2.72. The van der Waals surface area contributed by atoms with Crippen molar-refractivity contribution in [3.63, 3.8) is 0 Å². The molecule has 0 unspecified atom stereocenters. The Labute approximate surface area is 130 Å². The molecule has 0 bridgehead atoms. The lowest BCUT2D eigenvalue weighted by molar-refractivity contribution is -0.120. The molecule has 7 heteroatoms. The number of nitrogens with zero attached hydrogens (tertiary/aromatic N) is 2. The Morgan fingerprint density at radius 1 is 1.40 bits per heavy atom. The van der Waals surface area contributed by atoms with E-state index in [1.54, 1.807) is 36.8 Å². The summed E-state index contributed by atoms with van der Waals surface area (Å²) in [6.07, 6.45) is 0.602. The van der Waals surface area contributed by atoms with Crippen LogP contribution in [0.2, 0.25) is 10.0 Å². The lowest BCUT2D eigenvalue weighted by atomic mass is 10.1. The van der Waals surface area contributed by atoms with E-state index in [0.717, 1.165) is 0 Å². The first kappa shape index (κ1) is 15.3. The van der Waals surface area contributed by atoms with Crippen LogP contribution in [0, 0.1) is 0 Å². The summed E-state index contributed by atoms with van der Waals surface area (Å²) in [4.78, 5) is 17.5. The number of amides is 1. The van der Waals surface area contributed by atoms with Crippen LogP contribution in [0.1, 0.15) is 18.1 Å². The summed E-state index contributed by atoms with van der Waals surface area (Å²) in [6.45, 7) is 0. The largest absolute Gasteiger partial charge is 0.388 e. The van der Waals surface area contributed by atoms with E-state index in [0.29, 0.717) is 20.7 Å². The fourth-order valence-corrected chi connectivity index (χ4v) is 2.84. The Morgan fingerprint density at radius 3 is 2.60 bits per heavy atom. The van der Waals surface area contributed by atoms with Gasteiger partial charge in [0.1, 0.15) is 0 Å². The number of aliphatic hydroxyl groups is 1. The molecule has 1 N–H and O–H groups in total. The van der Waals surface area contributed by atoms with Crippen LogP contribution in [0.3, 0.4) is 0 Å². The minimum atomic E-state index is -0.957. The number of aromatic nitrogens is 1. The summed E-state index contributed by atoms with van der Waals surface area (Å²) >= 11 is 13.1. The second-order valence-corrected chi connectivity index (χ2v) is 5.94. The number of halogens is 2. The maximum Gasteiger partial charge on any atom is 0.231 e. The molecule has 0 aliphatic carbocycles. The van der Waals surface area contributed by atoms with Crippen LogP contribution < -0.4 is 4.90 Å². The molecular weight excluding hydrogens is 319 g/mol. The molecule has 1 heterocycles. The van der Waals surface area contributed by atoms with Crippen molar-refractivity contribution in [3.8, 4) is 0 Å². The van der Waals surface area contributed by atoms with E-state index >= 15 is 0 Å². The molecule has 1 aromatic heterocycles. The molecule has 2 rings (SSSR count). The average molecular weight is 331 g/mol. The smallest absolute Gasteiger partial charge is 0.231 e. The van der Waals surface area contributed by atoms with Crippen LogP contribution >= 0.6 is 34.5 Å². The van der Waals surface area contributed by atoms with Gasteiger partial charge in [-0.2, -0.15) is 0 Å². The molecule has 4 nitrogen and oxygen atoms in total. The Hall–Kier alpha value is -1.14. The minimum Gasteiger partial charge on any atom is -0.388 e. The van der Waals surface area contributed by atoms with E-state index in [1.165, 1.54) is 16.2 Å². The summed E-state index contributed by atoms with van der Waals surface area (Å²) in [5.41, 5.74) is 0.517. The summed E-state index contributed by atoms with van der Waals surface area (Å²) in [7, 11) is 1.62. The highest BCUT2D eigenvalue weighted by atomic mass is 35.5. The van der Waals surface area contributed by atoms with Gasteiger partial charge in [0.15, 0.2) is 5.13 Å². The summed E-state index contributed by atoms with van der Waals surface area (Å²) in [5, 5.41) is 13.3. The van der Waals surface area contributed by atoms with Gasteiger partial charge in [-0.25, -0.2) is 4.98 Å². The van der Waals surface area contributed by atoms with Crippen molar-refractivity contribution in [2.45, 2.75) is 12.5 Å². The van der Waals surface area contributed by atoms with E-state index in [9.17, 15) is 9.90 Å². The molecule has 0 saturated heterocycles. The van der Waals surface area contributed by atoms with E-state index in [1.807, 2.05) is 0 Å². The van der Waals surface area contributed by atoms with E-state index in [4.69, 9.17) is 23.2 Å². The SMILES string of the molecule is CN(C(=O)C[C@@H](O)c1cc(Cl)cc(Cl)c1)c1nccs1. The van der Waals surface area contributed by atoms with Crippen LogP contribution in [0.15, 0.2) is 29.8 Å². The van der Waals surface area contributed by atoms with Gasteiger partial charge in [-0.15, -0.1) is 11.3 Å². The number of rotatable bonds is 4. The van der Waals surface area contributed by atoms with Crippen LogP contribution in [0.4, 0.5) is 5.13 Å². The first-order valence-electron chi connectivity index (χ1n) is 5.77. The molecular formula is C13H12Cl2N2O2S. The summed E-state index contributed by atoms with van der Waals surface area (Å²) in [6, 6.07) is 4.76. The van der Waals surface area contributed by atoms with Crippen LogP contribution in [0.5, 0.6) is 0 Å². The third kappa shape index (κ3) is 3.70. The van der Waals surface area contributed by atoms with Crippen molar-refractivity contribution in [2.24, 2.45) is 0 Å². The van der Waals surface area contributed by atoms with Crippen LogP contribution in [0.25, 0.3) is 0 Å². The molecule has 0 aliphatic rings. The summed E-state index contributed by atoms with van der Waals surface area (Å²) in [5.74, 6) is -0.233. The molecule has 0 saturated carbocycles. The lowest BCUT2D eigenvalue weighted by Crippen LogP contribution is -2.27. The van der Waals surface area contributed by atoms with E-state index in [2.05, 4.69) is 4.98 Å². The molecule has 1 atom stereocenters. The monoisotopic (exact) mass is 330 g/mol. The van der Waals surface area contributed by atoms with Gasteiger partial charge in [-0.05, 0) is 23.8 Å². The van der Waals surface area contributed by atoms with Crippen molar-refractivity contribution in [1.29, 1.82) is 0 Å². The molecule has 106 valence electrons. The van der Waals surface area contributed by atoms with Crippen molar-refractivity contribution < 1.29 is 9.90 Å². The number of carbonyl (C=O) groups excluding carboxylic acids is 1. The molecule has 0 spiro atoms. The molecule has 0 fully saturated rings. The zero-order valence-electron chi connectivity index (χ0n) is 10.6. The number of benzene rings is 1. The highest BCUT2D eigenvalue weighted by Crippen LogP contribution is 2.26. The van der Waals surface area contributed by atoms with Crippen LogP contribution in [-0.2, 0) is 4.79 Å². The van der Waals surface area contributed by atoms with Crippen molar-refractivity contribution >= 4 is 45.6 Å². The molecule has 0 aliphatic heterocycles. The second kappa shape index (κ2) is 6.54. The molecule has 1 aromatic carbocycles. The number of anilines is 1. The highest BCUT2D eigenvalue weighted by molar-refractivity contribution is 7.13. The van der Waals surface area contributed by atoms with Gasteiger partial charge in [-0.3, -0.25) is 9.69 Å². The second-order valence-electron chi connectivity index (χ2n) is 4.19. The Bertz CT molecular complexity index is 584. The molecule has 20 heavy (non-hydrogen) atoms. The Morgan fingerprint density at radius 2 is 2.05 bits per heavy atom. The van der Waals surface area contributed by atoms with Gasteiger partial charge in [0.25, 0.3) is 0 Å². The molecule has 0 radical (unpaired) electrons. The number of aliphatic hydroxyl groups excluding tert-OH is 1. The quantitative estimate of drug-likeness (QED) is 0.932. The fourth-order valence-electron chi connectivity index (χ4n) is 1.68. The summed E-state index contributed by atoms with van der Waals surface area (Å²) < 4.78 is 0. The highest BCUT2D eigenvalue weighted by Gasteiger charge is 2.19. The predicted octanol–water partition coefficient (Wildman–Crippen LogP) is 3.54. The topological polar surface area (TPSA) is 53.4 Å². The Balaban J connectivity index is 2.07. The van der Waals surface area contributed by atoms with Gasteiger partial charge in [-0.1, -0.05) is 23.2 Å². The number of thiazole rings is 1. The lowest BCUT2D eigenvalue weighted by Gasteiger charge is -2.17. The van der Waals surface area contributed by atoms with Gasteiger partial charge < -0.3 is 5.11 Å². The number of carbonyl (C=O) groups is 1. The van der Waals surface area contributed by atoms with Crippen molar-refractivity contribution in [3.05, 3.63) is 45.4 Å². The number of hydrogen-bond donors (Lipinski definition) is 1. The van der Waals surface area contributed by atoms with Gasteiger partial charge in [0, 0.05) is 28.7 Å². The van der Waals surface area contributed by atoms with Gasteiger partial charge in [0.05, 0.1) is 12.5 Å². The zero-order valence-corrected chi connectivity index (χ0v) is 12.9. The first-order chi connectivity index (χ1) is 9.47. The predicted molar refractivity (Wildman–Crippen MR) is 81.6 cm³/mol. The van der Waals surface area contributed by atoms with Gasteiger partial charge in [0.2, 0.25) is 5.91 Å². The Kier molecular flexibility index (Phi) is 4.99. The average Bonchev–Trinajstić information content (AvgIpc) is 2.90. The number of hydrogen-bond acceptors (Lipinski definition) is 4. The first-order valence-corrected chi connectivity index (χ1v) is 7.41. The maximum atomic E-state index is 12.1. The standard InChI is InChI=1S/C13H12Cl2N2O2S/c1-17(13-16-2-3-20-13)12(19)7-11(18)8-4-9(14)6-10(15)5-8/h2-6,11,18H,7H2,1H3/t11-/m1/s1. The van der Waals surface area contributed by atoms with Crippen molar-refractivity contribution in [2.75, 3.05) is 11.9 Å². The fraction of sp³-hybridized carbons (Fsp3) is 0.231. The molecule has 1 amide bonds. The van der Waals surface area contributed by atoms with E-state index < -0.39 is 6.10 Å². The molecule has 2 aromatic rings. The van der Waals surface area contributed by atoms with Gasteiger partial charge >= 0.3 is 0 Å². The normalized spacial score (nSPS) is 12.2. The van der Waals surface area contributed by atoms with Crippen molar-refractivity contribution in [1.82, 2.24) is 4.98 Å². The zero-order chi connectivity index (χ0) is 14.7. The maximum absolute atomic E-state index is 12.1. The van der Waals surface area contributed by atoms with Crippen LogP contribution in [-0.4, -0.2) is 23.0 Å². The van der Waals surface area contributed by atoms with E-state index in [-0.39, 0.29) is 12.3 Å². The minimum absolute atomic E-state index is 0.0627.